The van der Waals surface area contributed by atoms with Crippen LogP contribution in [0.15, 0.2) is 60.8 Å². The summed E-state index contributed by atoms with van der Waals surface area (Å²) in [4.78, 5) is 32.5. The van der Waals surface area contributed by atoms with E-state index in [9.17, 15) is 9.59 Å². The molecule has 0 radical (unpaired) electrons. The zero-order valence-corrected chi connectivity index (χ0v) is 16.1. The maximum absolute atomic E-state index is 12.6. The molecule has 6 nitrogen and oxygen atoms in total. The van der Waals surface area contributed by atoms with Crippen LogP contribution in [0.2, 0.25) is 0 Å². The second kappa shape index (κ2) is 8.43. The highest BCUT2D eigenvalue weighted by Gasteiger charge is 2.13. The monoisotopic (exact) mass is 374 g/mol. The fourth-order valence-electron chi connectivity index (χ4n) is 2.76. The molecule has 0 spiro atoms. The molecule has 0 unspecified atom stereocenters. The van der Waals surface area contributed by atoms with Gasteiger partial charge < -0.3 is 10.6 Å². The SMILES string of the molecule is CC(=O)c1ccc(Nc2nccc(C(=O)Nc3ccccc3C(C)C)n2)cc1. The van der Waals surface area contributed by atoms with Gasteiger partial charge >= 0.3 is 0 Å². The molecule has 0 aliphatic heterocycles. The first kappa shape index (κ1) is 19.2. The van der Waals surface area contributed by atoms with E-state index in [0.29, 0.717) is 11.5 Å². The Bertz CT molecular complexity index is 997. The Morgan fingerprint density at radius 1 is 0.964 bits per heavy atom. The summed E-state index contributed by atoms with van der Waals surface area (Å²) in [5, 5.41) is 5.97. The fraction of sp³-hybridized carbons (Fsp3) is 0.182. The lowest BCUT2D eigenvalue weighted by molar-refractivity contribution is 0.101. The molecule has 2 aromatic carbocycles. The third-order valence-electron chi connectivity index (χ3n) is 4.27. The molecule has 1 heterocycles. The molecule has 3 aromatic rings. The Balaban J connectivity index is 1.76. The van der Waals surface area contributed by atoms with Gasteiger partial charge in [-0.1, -0.05) is 32.0 Å². The van der Waals surface area contributed by atoms with Crippen LogP contribution in [-0.4, -0.2) is 21.7 Å². The maximum atomic E-state index is 12.6. The number of Topliss-reactive ketones (excluding diaryl/α,β-unsaturated/α-hetero) is 1. The first-order valence-corrected chi connectivity index (χ1v) is 9.05. The van der Waals surface area contributed by atoms with Gasteiger partial charge in [0.25, 0.3) is 5.91 Å². The van der Waals surface area contributed by atoms with E-state index in [0.717, 1.165) is 16.9 Å². The van der Waals surface area contributed by atoms with Gasteiger partial charge in [0.15, 0.2) is 5.78 Å². The first-order chi connectivity index (χ1) is 13.4. The molecule has 142 valence electrons. The highest BCUT2D eigenvalue weighted by atomic mass is 16.2. The molecule has 0 atom stereocenters. The van der Waals surface area contributed by atoms with Crippen molar-refractivity contribution in [2.75, 3.05) is 10.6 Å². The standard InChI is InChI=1S/C22H22N4O2/c1-14(2)18-6-4-5-7-19(18)25-21(28)20-12-13-23-22(26-20)24-17-10-8-16(9-11-17)15(3)27/h4-14H,1-3H3,(H,25,28)(H,23,24,26). The number of nitrogens with one attached hydrogen (secondary N) is 2. The number of hydrogen-bond acceptors (Lipinski definition) is 5. The number of amides is 1. The summed E-state index contributed by atoms with van der Waals surface area (Å²) in [6, 6.07) is 16.3. The van der Waals surface area contributed by atoms with Gasteiger partial charge in [-0.05, 0) is 54.8 Å². The molecule has 0 saturated heterocycles. The summed E-state index contributed by atoms with van der Waals surface area (Å²) in [6.07, 6.45) is 1.53. The van der Waals surface area contributed by atoms with Crippen LogP contribution in [0.4, 0.5) is 17.3 Å². The molecule has 6 heteroatoms. The van der Waals surface area contributed by atoms with E-state index in [-0.39, 0.29) is 23.3 Å². The third kappa shape index (κ3) is 4.59. The normalized spacial score (nSPS) is 10.6. The Labute approximate surface area is 164 Å². The van der Waals surface area contributed by atoms with E-state index in [2.05, 4.69) is 34.4 Å². The van der Waals surface area contributed by atoms with Crippen molar-refractivity contribution in [1.82, 2.24) is 9.97 Å². The number of para-hydroxylation sites is 1. The summed E-state index contributed by atoms with van der Waals surface area (Å²) in [5.41, 5.74) is 3.46. The van der Waals surface area contributed by atoms with Gasteiger partial charge in [0.05, 0.1) is 0 Å². The van der Waals surface area contributed by atoms with Crippen molar-refractivity contribution < 1.29 is 9.59 Å². The number of aromatic nitrogens is 2. The van der Waals surface area contributed by atoms with Crippen LogP contribution in [0.1, 0.15) is 53.1 Å². The molecule has 0 aliphatic carbocycles. The van der Waals surface area contributed by atoms with Crippen LogP contribution >= 0.6 is 0 Å². The minimum Gasteiger partial charge on any atom is -0.324 e. The van der Waals surface area contributed by atoms with Gasteiger partial charge in [-0.25, -0.2) is 9.97 Å². The predicted molar refractivity (Wildman–Crippen MR) is 110 cm³/mol. The summed E-state index contributed by atoms with van der Waals surface area (Å²) in [5.74, 6) is 0.297. The quantitative estimate of drug-likeness (QED) is 0.606. The Hall–Kier alpha value is -3.54. The largest absolute Gasteiger partial charge is 0.324 e. The van der Waals surface area contributed by atoms with Crippen LogP contribution in [0.25, 0.3) is 0 Å². The van der Waals surface area contributed by atoms with E-state index in [1.807, 2.05) is 24.3 Å². The molecular formula is C22H22N4O2. The van der Waals surface area contributed by atoms with Gasteiger partial charge in [0, 0.05) is 23.1 Å². The second-order valence-electron chi connectivity index (χ2n) is 6.72. The summed E-state index contributed by atoms with van der Waals surface area (Å²) < 4.78 is 0. The highest BCUT2D eigenvalue weighted by Crippen LogP contribution is 2.24. The Morgan fingerprint density at radius 2 is 1.68 bits per heavy atom. The van der Waals surface area contributed by atoms with Crippen LogP contribution in [-0.2, 0) is 0 Å². The lowest BCUT2D eigenvalue weighted by Crippen LogP contribution is -2.16. The van der Waals surface area contributed by atoms with Crippen molar-refractivity contribution >= 4 is 29.0 Å². The average molecular weight is 374 g/mol. The minimum absolute atomic E-state index is 0.00291. The lowest BCUT2D eigenvalue weighted by Gasteiger charge is -2.13. The van der Waals surface area contributed by atoms with Crippen molar-refractivity contribution in [3.05, 3.63) is 77.6 Å². The molecule has 2 N–H and O–H groups in total. The van der Waals surface area contributed by atoms with Crippen LogP contribution in [0, 0.1) is 0 Å². The summed E-state index contributed by atoms with van der Waals surface area (Å²) >= 11 is 0. The number of benzene rings is 2. The van der Waals surface area contributed by atoms with Crippen molar-refractivity contribution in [3.8, 4) is 0 Å². The zero-order valence-electron chi connectivity index (χ0n) is 16.1. The second-order valence-corrected chi connectivity index (χ2v) is 6.72. The van der Waals surface area contributed by atoms with Gasteiger partial charge in [0.1, 0.15) is 5.69 Å². The smallest absolute Gasteiger partial charge is 0.274 e. The molecular weight excluding hydrogens is 352 g/mol. The van der Waals surface area contributed by atoms with Crippen LogP contribution in [0.3, 0.4) is 0 Å². The van der Waals surface area contributed by atoms with Crippen LogP contribution < -0.4 is 10.6 Å². The molecule has 28 heavy (non-hydrogen) atoms. The summed E-state index contributed by atoms with van der Waals surface area (Å²) in [7, 11) is 0. The number of carbonyl (C=O) groups is 2. The van der Waals surface area contributed by atoms with Gasteiger partial charge in [-0.3, -0.25) is 9.59 Å². The van der Waals surface area contributed by atoms with E-state index >= 15 is 0 Å². The molecule has 1 amide bonds. The molecule has 1 aromatic heterocycles. The third-order valence-corrected chi connectivity index (χ3v) is 4.27. The molecule has 0 fully saturated rings. The number of ketones is 1. The zero-order chi connectivity index (χ0) is 20.1. The topological polar surface area (TPSA) is 84.0 Å². The number of hydrogen-bond donors (Lipinski definition) is 2. The van der Waals surface area contributed by atoms with E-state index in [4.69, 9.17) is 0 Å². The summed E-state index contributed by atoms with van der Waals surface area (Å²) in [6.45, 7) is 5.68. The van der Waals surface area contributed by atoms with E-state index in [1.54, 1.807) is 30.3 Å². The Kier molecular flexibility index (Phi) is 5.79. The Morgan fingerprint density at radius 3 is 2.36 bits per heavy atom. The number of anilines is 3. The molecule has 0 bridgehead atoms. The molecule has 3 rings (SSSR count). The number of carbonyl (C=O) groups excluding carboxylic acids is 2. The predicted octanol–water partition coefficient (Wildman–Crippen LogP) is 4.80. The lowest BCUT2D eigenvalue weighted by atomic mass is 10.0. The fourth-order valence-corrected chi connectivity index (χ4v) is 2.76. The number of rotatable bonds is 6. The highest BCUT2D eigenvalue weighted by molar-refractivity contribution is 6.03. The van der Waals surface area contributed by atoms with Gasteiger partial charge in [-0.15, -0.1) is 0 Å². The van der Waals surface area contributed by atoms with Crippen molar-refractivity contribution in [2.24, 2.45) is 0 Å². The average Bonchev–Trinajstić information content (AvgIpc) is 2.69. The minimum atomic E-state index is -0.300. The van der Waals surface area contributed by atoms with Crippen molar-refractivity contribution in [3.63, 3.8) is 0 Å². The first-order valence-electron chi connectivity index (χ1n) is 9.05. The van der Waals surface area contributed by atoms with Gasteiger partial charge in [0.2, 0.25) is 5.95 Å². The maximum Gasteiger partial charge on any atom is 0.274 e. The molecule has 0 saturated carbocycles. The van der Waals surface area contributed by atoms with Crippen LogP contribution in [0.5, 0.6) is 0 Å². The number of nitrogens with zero attached hydrogens (tertiary/aromatic N) is 2. The van der Waals surface area contributed by atoms with Crippen molar-refractivity contribution in [2.45, 2.75) is 26.7 Å². The van der Waals surface area contributed by atoms with Gasteiger partial charge in [-0.2, -0.15) is 0 Å². The van der Waals surface area contributed by atoms with Crippen molar-refractivity contribution in [1.29, 1.82) is 0 Å². The molecule has 0 aliphatic rings. The van der Waals surface area contributed by atoms with E-state index in [1.165, 1.54) is 13.1 Å². The van der Waals surface area contributed by atoms with E-state index < -0.39 is 0 Å².